The number of aromatic nitrogens is 2. The van der Waals surface area contributed by atoms with Crippen molar-refractivity contribution in [1.29, 1.82) is 0 Å². The topological polar surface area (TPSA) is 81.4 Å². The number of esters is 1. The lowest BCUT2D eigenvalue weighted by atomic mass is 10.1. The van der Waals surface area contributed by atoms with Crippen LogP contribution in [0.2, 0.25) is 0 Å². The molecule has 1 aromatic carbocycles. The molecular formula is C14H12N2O4. The first-order chi connectivity index (χ1) is 9.61. The molecule has 6 nitrogen and oxygen atoms in total. The minimum Gasteiger partial charge on any atom is -0.502 e. The van der Waals surface area contributed by atoms with Crippen LogP contribution >= 0.6 is 0 Å². The predicted octanol–water partition coefficient (Wildman–Crippen LogP) is 1.67. The maximum Gasteiger partial charge on any atom is 0.373 e. The second-order valence-electron chi connectivity index (χ2n) is 3.90. The Morgan fingerprint density at radius 1 is 1.30 bits per heavy atom. The Labute approximate surface area is 114 Å². The number of ether oxygens (including phenoxy) is 1. The molecule has 2 aromatic rings. The van der Waals surface area contributed by atoms with E-state index in [1.54, 1.807) is 47.6 Å². The molecule has 1 N–H and O–H groups in total. The molecule has 0 fully saturated rings. The third-order valence-electron chi connectivity index (χ3n) is 2.62. The van der Waals surface area contributed by atoms with Crippen LogP contribution in [0, 0.1) is 0 Å². The van der Waals surface area contributed by atoms with Crippen molar-refractivity contribution in [2.45, 2.75) is 0 Å². The van der Waals surface area contributed by atoms with Crippen LogP contribution in [-0.2, 0) is 9.53 Å². The minimum atomic E-state index is -0.951. The highest BCUT2D eigenvalue weighted by Gasteiger charge is 2.11. The molecule has 0 aliphatic heterocycles. The van der Waals surface area contributed by atoms with Gasteiger partial charge in [-0.3, -0.25) is 4.79 Å². The highest BCUT2D eigenvalue weighted by molar-refractivity contribution is 6.08. The van der Waals surface area contributed by atoms with E-state index in [0.717, 1.165) is 18.9 Å². The van der Waals surface area contributed by atoms with Crippen LogP contribution in [0.15, 0.2) is 54.8 Å². The van der Waals surface area contributed by atoms with E-state index in [9.17, 15) is 14.7 Å². The van der Waals surface area contributed by atoms with E-state index < -0.39 is 17.5 Å². The zero-order valence-electron chi connectivity index (χ0n) is 10.7. The van der Waals surface area contributed by atoms with E-state index in [1.165, 1.54) is 0 Å². The van der Waals surface area contributed by atoms with Gasteiger partial charge in [0, 0.05) is 29.7 Å². The first-order valence-corrected chi connectivity index (χ1v) is 5.73. The van der Waals surface area contributed by atoms with Crippen molar-refractivity contribution in [3.8, 4) is 5.69 Å². The number of rotatable bonds is 4. The molecule has 0 unspecified atom stereocenters. The number of ketones is 1. The van der Waals surface area contributed by atoms with Crippen LogP contribution in [0.25, 0.3) is 5.69 Å². The van der Waals surface area contributed by atoms with E-state index in [0.29, 0.717) is 5.56 Å². The van der Waals surface area contributed by atoms with Crippen molar-refractivity contribution in [2.75, 3.05) is 7.11 Å². The van der Waals surface area contributed by atoms with Crippen molar-refractivity contribution in [3.05, 3.63) is 60.4 Å². The Kier molecular flexibility index (Phi) is 3.95. The highest BCUT2D eigenvalue weighted by Crippen LogP contribution is 2.10. The summed E-state index contributed by atoms with van der Waals surface area (Å²) in [7, 11) is 1.12. The van der Waals surface area contributed by atoms with Gasteiger partial charge in [0.05, 0.1) is 13.4 Å². The van der Waals surface area contributed by atoms with Crippen LogP contribution in [-0.4, -0.2) is 33.5 Å². The van der Waals surface area contributed by atoms with Crippen LogP contribution < -0.4 is 0 Å². The molecule has 1 aromatic heterocycles. The molecule has 0 atom stereocenters. The fourth-order valence-corrected chi connectivity index (χ4v) is 1.58. The number of imidazole rings is 1. The summed E-state index contributed by atoms with van der Waals surface area (Å²) < 4.78 is 6.08. The maximum atomic E-state index is 11.8. The summed E-state index contributed by atoms with van der Waals surface area (Å²) in [4.78, 5) is 26.7. The Morgan fingerprint density at radius 2 is 2.00 bits per heavy atom. The first kappa shape index (κ1) is 13.5. The largest absolute Gasteiger partial charge is 0.502 e. The number of carbonyl (C=O) groups excluding carboxylic acids is 2. The number of nitrogens with zero attached hydrogens (tertiary/aromatic N) is 2. The summed E-state index contributed by atoms with van der Waals surface area (Å²) in [5.74, 6) is -2.16. The monoisotopic (exact) mass is 272 g/mol. The molecule has 0 saturated heterocycles. The first-order valence-electron chi connectivity index (χ1n) is 5.73. The van der Waals surface area contributed by atoms with E-state index in [-0.39, 0.29) is 0 Å². The lowest BCUT2D eigenvalue weighted by Gasteiger charge is -2.03. The van der Waals surface area contributed by atoms with Crippen LogP contribution in [0.1, 0.15) is 10.4 Å². The van der Waals surface area contributed by atoms with E-state index >= 15 is 0 Å². The molecule has 0 radical (unpaired) electrons. The minimum absolute atomic E-state index is 0.351. The summed E-state index contributed by atoms with van der Waals surface area (Å²) in [5, 5.41) is 9.31. The van der Waals surface area contributed by atoms with Gasteiger partial charge >= 0.3 is 5.97 Å². The van der Waals surface area contributed by atoms with Gasteiger partial charge in [0.2, 0.25) is 5.76 Å². The van der Waals surface area contributed by atoms with Gasteiger partial charge in [-0.2, -0.15) is 0 Å². The molecule has 0 bridgehead atoms. The highest BCUT2D eigenvalue weighted by atomic mass is 16.5. The van der Waals surface area contributed by atoms with Crippen molar-refractivity contribution in [1.82, 2.24) is 9.55 Å². The number of hydrogen-bond donors (Lipinski definition) is 1. The van der Waals surface area contributed by atoms with Gasteiger partial charge in [-0.15, -0.1) is 0 Å². The van der Waals surface area contributed by atoms with Crippen LogP contribution in [0.3, 0.4) is 0 Å². The van der Waals surface area contributed by atoms with Crippen LogP contribution in [0.5, 0.6) is 0 Å². The van der Waals surface area contributed by atoms with Crippen molar-refractivity contribution in [3.63, 3.8) is 0 Å². The number of carbonyl (C=O) groups is 2. The standard InChI is InChI=1S/C14H12N2O4/c1-20-14(19)13(18)8-12(17)10-2-4-11(5-3-10)16-7-6-15-9-16/h2-9,18H,1H3. The summed E-state index contributed by atoms with van der Waals surface area (Å²) >= 11 is 0. The molecule has 1 heterocycles. The SMILES string of the molecule is COC(=O)C(O)=CC(=O)c1ccc(-n2ccnc2)cc1. The van der Waals surface area contributed by atoms with Gasteiger partial charge in [0.1, 0.15) is 0 Å². The van der Waals surface area contributed by atoms with Crippen LogP contribution in [0.4, 0.5) is 0 Å². The number of aliphatic hydroxyl groups is 1. The summed E-state index contributed by atoms with van der Waals surface area (Å²) in [6, 6.07) is 6.66. The lowest BCUT2D eigenvalue weighted by Crippen LogP contribution is -2.07. The number of allylic oxidation sites excluding steroid dienone is 1. The Balaban J connectivity index is 2.18. The molecule has 0 saturated carbocycles. The quantitative estimate of drug-likeness (QED) is 0.396. The summed E-state index contributed by atoms with van der Waals surface area (Å²) in [6.45, 7) is 0. The lowest BCUT2D eigenvalue weighted by molar-refractivity contribution is -0.139. The van der Waals surface area contributed by atoms with E-state index in [4.69, 9.17) is 0 Å². The predicted molar refractivity (Wildman–Crippen MR) is 70.6 cm³/mol. The average molecular weight is 272 g/mol. The smallest absolute Gasteiger partial charge is 0.373 e. The molecule has 0 amide bonds. The summed E-state index contributed by atoms with van der Waals surface area (Å²) in [5.41, 5.74) is 1.20. The third-order valence-corrected chi connectivity index (χ3v) is 2.62. The van der Waals surface area contributed by atoms with Gasteiger partial charge in [-0.05, 0) is 24.3 Å². The van der Waals surface area contributed by atoms with E-state index in [1.807, 2.05) is 0 Å². The van der Waals surface area contributed by atoms with Gasteiger partial charge in [0.25, 0.3) is 0 Å². The Morgan fingerprint density at radius 3 is 2.55 bits per heavy atom. The van der Waals surface area contributed by atoms with Crippen molar-refractivity contribution >= 4 is 11.8 Å². The van der Waals surface area contributed by atoms with Gasteiger partial charge in [0.15, 0.2) is 5.78 Å². The molecule has 2 rings (SSSR count). The number of hydrogen-bond acceptors (Lipinski definition) is 5. The number of methoxy groups -OCH3 is 1. The second kappa shape index (κ2) is 5.83. The van der Waals surface area contributed by atoms with Crippen molar-refractivity contribution in [2.24, 2.45) is 0 Å². The molecule has 0 aliphatic rings. The van der Waals surface area contributed by atoms with Gasteiger partial charge in [-0.1, -0.05) is 0 Å². The zero-order chi connectivity index (χ0) is 14.5. The fraction of sp³-hybridized carbons (Fsp3) is 0.0714. The molecule has 0 spiro atoms. The third kappa shape index (κ3) is 2.92. The molecule has 0 aliphatic carbocycles. The Hall–Kier alpha value is -2.89. The normalized spacial score (nSPS) is 11.2. The van der Waals surface area contributed by atoms with Crippen molar-refractivity contribution < 1.29 is 19.4 Å². The Bertz CT molecular complexity index is 642. The number of benzene rings is 1. The van der Waals surface area contributed by atoms with E-state index in [2.05, 4.69) is 9.72 Å². The fourth-order valence-electron chi connectivity index (χ4n) is 1.58. The molecule has 102 valence electrons. The second-order valence-corrected chi connectivity index (χ2v) is 3.90. The van der Waals surface area contributed by atoms with Gasteiger partial charge in [-0.25, -0.2) is 9.78 Å². The zero-order valence-corrected chi connectivity index (χ0v) is 10.7. The molecular weight excluding hydrogens is 260 g/mol. The van der Waals surface area contributed by atoms with Gasteiger partial charge < -0.3 is 14.4 Å². The summed E-state index contributed by atoms with van der Waals surface area (Å²) in [6.07, 6.45) is 5.90. The molecule has 20 heavy (non-hydrogen) atoms. The maximum absolute atomic E-state index is 11.8. The number of aliphatic hydroxyl groups excluding tert-OH is 1. The molecule has 6 heteroatoms. The average Bonchev–Trinajstić information content (AvgIpc) is 3.00.